The van der Waals surface area contributed by atoms with Crippen molar-refractivity contribution in [3.63, 3.8) is 0 Å². The Bertz CT molecular complexity index is 511. The van der Waals surface area contributed by atoms with Gasteiger partial charge in [0.25, 0.3) is 5.69 Å². The summed E-state index contributed by atoms with van der Waals surface area (Å²) in [5, 5.41) is 19.6. The fourth-order valence-electron chi connectivity index (χ4n) is 1.10. The average Bonchev–Trinajstić information content (AvgIpc) is 2.65. The second-order valence-corrected chi connectivity index (χ2v) is 3.94. The third-order valence-electron chi connectivity index (χ3n) is 1.71. The van der Waals surface area contributed by atoms with E-state index in [0.717, 1.165) is 5.01 Å². The van der Waals surface area contributed by atoms with Gasteiger partial charge in [0.1, 0.15) is 5.01 Å². The van der Waals surface area contributed by atoms with Gasteiger partial charge in [-0.05, 0) is 13.0 Å². The van der Waals surface area contributed by atoms with E-state index in [1.165, 1.54) is 29.7 Å². The molecule has 0 unspecified atom stereocenters. The van der Waals surface area contributed by atoms with E-state index in [1.54, 1.807) is 6.92 Å². The molecule has 6 nitrogen and oxygen atoms in total. The van der Waals surface area contributed by atoms with Crippen molar-refractivity contribution >= 4 is 17.0 Å². The summed E-state index contributed by atoms with van der Waals surface area (Å²) in [5.74, 6) is 0. The van der Waals surface area contributed by atoms with Crippen LogP contribution in [0.15, 0.2) is 18.3 Å². The SMILES string of the molecule is Cc1nnc(-c2ncccc2[N+](=O)[O-])s1. The maximum Gasteiger partial charge on any atom is 0.298 e. The highest BCUT2D eigenvalue weighted by atomic mass is 32.1. The highest BCUT2D eigenvalue weighted by molar-refractivity contribution is 7.14. The fourth-order valence-corrected chi connectivity index (χ4v) is 1.80. The molecule has 0 aliphatic rings. The standard InChI is InChI=1S/C8H6N4O2S/c1-5-10-11-8(15-5)7-6(12(13)14)3-2-4-9-7/h2-4H,1H3. The van der Waals surface area contributed by atoms with Gasteiger partial charge in [0.05, 0.1) is 4.92 Å². The molecule has 76 valence electrons. The monoisotopic (exact) mass is 222 g/mol. The molecule has 0 spiro atoms. The molecule has 0 aromatic carbocycles. The Hall–Kier alpha value is -1.89. The summed E-state index contributed by atoms with van der Waals surface area (Å²) >= 11 is 1.28. The first kappa shape index (κ1) is 9.66. The van der Waals surface area contributed by atoms with Crippen LogP contribution in [0.2, 0.25) is 0 Å². The predicted molar refractivity (Wildman–Crippen MR) is 54.5 cm³/mol. The second-order valence-electron chi connectivity index (χ2n) is 2.75. The number of aryl methyl sites for hydroxylation is 1. The number of nitrogens with zero attached hydrogens (tertiary/aromatic N) is 4. The zero-order valence-corrected chi connectivity index (χ0v) is 8.56. The van der Waals surface area contributed by atoms with Crippen LogP contribution in [-0.4, -0.2) is 20.1 Å². The topological polar surface area (TPSA) is 81.8 Å². The van der Waals surface area contributed by atoms with Crippen molar-refractivity contribution in [3.8, 4) is 10.7 Å². The van der Waals surface area contributed by atoms with Crippen molar-refractivity contribution in [1.82, 2.24) is 15.2 Å². The van der Waals surface area contributed by atoms with Crippen LogP contribution >= 0.6 is 11.3 Å². The zero-order chi connectivity index (χ0) is 10.8. The summed E-state index contributed by atoms with van der Waals surface area (Å²) < 4.78 is 0. The molecule has 0 fully saturated rings. The van der Waals surface area contributed by atoms with Crippen molar-refractivity contribution in [1.29, 1.82) is 0 Å². The van der Waals surface area contributed by atoms with Crippen LogP contribution in [-0.2, 0) is 0 Å². The van der Waals surface area contributed by atoms with Crippen LogP contribution in [0.1, 0.15) is 5.01 Å². The molecule has 0 aliphatic heterocycles. The molecule has 0 aliphatic carbocycles. The molecule has 0 radical (unpaired) electrons. The van der Waals surface area contributed by atoms with Crippen molar-refractivity contribution in [3.05, 3.63) is 33.5 Å². The molecule has 15 heavy (non-hydrogen) atoms. The van der Waals surface area contributed by atoms with Crippen LogP contribution in [0.25, 0.3) is 10.7 Å². The van der Waals surface area contributed by atoms with Crippen molar-refractivity contribution in [2.24, 2.45) is 0 Å². The normalized spacial score (nSPS) is 10.2. The van der Waals surface area contributed by atoms with Gasteiger partial charge in [0.2, 0.25) is 0 Å². The molecule has 2 rings (SSSR count). The molecule has 0 saturated heterocycles. The second kappa shape index (κ2) is 3.70. The van der Waals surface area contributed by atoms with Gasteiger partial charge in [-0.1, -0.05) is 11.3 Å². The van der Waals surface area contributed by atoms with Crippen LogP contribution in [0.4, 0.5) is 5.69 Å². The van der Waals surface area contributed by atoms with E-state index >= 15 is 0 Å². The Kier molecular flexibility index (Phi) is 2.38. The minimum atomic E-state index is -0.473. The summed E-state index contributed by atoms with van der Waals surface area (Å²) in [6.07, 6.45) is 1.50. The first-order valence-corrected chi connectivity index (χ1v) is 4.90. The van der Waals surface area contributed by atoms with Gasteiger partial charge in [0.15, 0.2) is 10.7 Å². The number of hydrogen-bond donors (Lipinski definition) is 0. The Morgan fingerprint density at radius 2 is 2.27 bits per heavy atom. The van der Waals surface area contributed by atoms with Gasteiger partial charge in [-0.25, -0.2) is 4.98 Å². The molecule has 0 amide bonds. The fraction of sp³-hybridized carbons (Fsp3) is 0.125. The van der Waals surface area contributed by atoms with Crippen LogP contribution in [0, 0.1) is 17.0 Å². The first-order chi connectivity index (χ1) is 7.18. The third kappa shape index (κ3) is 1.82. The molecule has 2 heterocycles. The van der Waals surface area contributed by atoms with E-state index in [1.807, 2.05) is 0 Å². The van der Waals surface area contributed by atoms with E-state index in [-0.39, 0.29) is 11.4 Å². The lowest BCUT2D eigenvalue weighted by Crippen LogP contribution is -1.93. The van der Waals surface area contributed by atoms with Crippen LogP contribution in [0.5, 0.6) is 0 Å². The van der Waals surface area contributed by atoms with E-state index < -0.39 is 4.92 Å². The van der Waals surface area contributed by atoms with Gasteiger partial charge in [-0.2, -0.15) is 0 Å². The zero-order valence-electron chi connectivity index (χ0n) is 7.75. The highest BCUT2D eigenvalue weighted by Gasteiger charge is 2.18. The van der Waals surface area contributed by atoms with Gasteiger partial charge in [-0.15, -0.1) is 10.2 Å². The number of pyridine rings is 1. The minimum absolute atomic E-state index is 0.0475. The lowest BCUT2D eigenvalue weighted by molar-refractivity contribution is -0.384. The Balaban J connectivity index is 2.57. The molecule has 0 saturated carbocycles. The van der Waals surface area contributed by atoms with Crippen molar-refractivity contribution in [2.45, 2.75) is 6.92 Å². The molecule has 2 aromatic rings. The number of hydrogen-bond acceptors (Lipinski definition) is 6. The van der Waals surface area contributed by atoms with Gasteiger partial charge in [-0.3, -0.25) is 10.1 Å². The smallest absolute Gasteiger partial charge is 0.258 e. The lowest BCUT2D eigenvalue weighted by Gasteiger charge is -1.95. The largest absolute Gasteiger partial charge is 0.298 e. The van der Waals surface area contributed by atoms with Gasteiger partial charge in [0, 0.05) is 12.3 Å². The molecule has 2 aromatic heterocycles. The summed E-state index contributed by atoms with van der Waals surface area (Å²) in [6, 6.07) is 2.93. The van der Waals surface area contributed by atoms with E-state index in [4.69, 9.17) is 0 Å². The third-order valence-corrected chi connectivity index (χ3v) is 2.56. The minimum Gasteiger partial charge on any atom is -0.258 e. The summed E-state index contributed by atoms with van der Waals surface area (Å²) in [5.41, 5.74) is 0.224. The van der Waals surface area contributed by atoms with Gasteiger partial charge >= 0.3 is 0 Å². The number of nitro groups is 1. The predicted octanol–water partition coefficient (Wildman–Crippen LogP) is 1.82. The molecule has 0 bridgehead atoms. The molecular weight excluding hydrogens is 216 g/mol. The maximum atomic E-state index is 10.7. The Morgan fingerprint density at radius 3 is 2.87 bits per heavy atom. The van der Waals surface area contributed by atoms with Crippen molar-refractivity contribution < 1.29 is 4.92 Å². The van der Waals surface area contributed by atoms with Crippen molar-refractivity contribution in [2.75, 3.05) is 0 Å². The van der Waals surface area contributed by atoms with E-state index in [0.29, 0.717) is 5.01 Å². The molecule has 7 heteroatoms. The molecule has 0 atom stereocenters. The first-order valence-electron chi connectivity index (χ1n) is 4.08. The summed E-state index contributed by atoms with van der Waals surface area (Å²) in [7, 11) is 0. The lowest BCUT2D eigenvalue weighted by atomic mass is 10.3. The quantitative estimate of drug-likeness (QED) is 0.571. The highest BCUT2D eigenvalue weighted by Crippen LogP contribution is 2.28. The summed E-state index contributed by atoms with van der Waals surface area (Å²) in [4.78, 5) is 14.2. The van der Waals surface area contributed by atoms with Crippen LogP contribution in [0.3, 0.4) is 0 Å². The van der Waals surface area contributed by atoms with Gasteiger partial charge < -0.3 is 0 Å². The Morgan fingerprint density at radius 1 is 1.47 bits per heavy atom. The van der Waals surface area contributed by atoms with Crippen LogP contribution < -0.4 is 0 Å². The number of rotatable bonds is 2. The maximum absolute atomic E-state index is 10.7. The number of aromatic nitrogens is 3. The van der Waals surface area contributed by atoms with E-state index in [9.17, 15) is 10.1 Å². The van der Waals surface area contributed by atoms with E-state index in [2.05, 4.69) is 15.2 Å². The average molecular weight is 222 g/mol. The molecular formula is C8H6N4O2S. The Labute approximate surface area is 88.8 Å². The summed E-state index contributed by atoms with van der Waals surface area (Å²) in [6.45, 7) is 1.79. The molecule has 0 N–H and O–H groups in total.